The van der Waals surface area contributed by atoms with Gasteiger partial charge in [-0.2, -0.15) is 0 Å². The van der Waals surface area contributed by atoms with Crippen molar-refractivity contribution < 1.29 is 22.3 Å². The van der Waals surface area contributed by atoms with Gasteiger partial charge in [-0.25, -0.2) is 17.5 Å². The summed E-state index contributed by atoms with van der Waals surface area (Å²) in [6, 6.07) is 12.5. The Bertz CT molecular complexity index is 994. The third kappa shape index (κ3) is 5.57. The smallest absolute Gasteiger partial charge is 0.242 e. The highest BCUT2D eigenvalue weighted by Crippen LogP contribution is 2.34. The molecule has 2 N–H and O–H groups in total. The van der Waals surface area contributed by atoms with Gasteiger partial charge < -0.3 is 10.1 Å². The standard InChI is InChI=1S/C21H24ClFN2O4S/c22-18-6-1-2-7-19(18)30(27,28)25-11-8-20(26)24-15-21(9-12-29-13-10-21)16-4-3-5-17(23)14-16/h1-7,14,25H,8-13,15H2,(H,24,26). The Morgan fingerprint density at radius 1 is 1.13 bits per heavy atom. The zero-order valence-corrected chi connectivity index (χ0v) is 17.9. The van der Waals surface area contributed by atoms with Gasteiger partial charge in [0, 0.05) is 38.1 Å². The summed E-state index contributed by atoms with van der Waals surface area (Å²) in [4.78, 5) is 12.3. The van der Waals surface area contributed by atoms with Crippen LogP contribution >= 0.6 is 11.6 Å². The summed E-state index contributed by atoms with van der Waals surface area (Å²) in [7, 11) is -3.80. The van der Waals surface area contributed by atoms with Crippen LogP contribution in [0.2, 0.25) is 5.02 Å². The molecule has 30 heavy (non-hydrogen) atoms. The average molecular weight is 455 g/mol. The molecule has 162 valence electrons. The zero-order chi connectivity index (χ0) is 21.6. The van der Waals surface area contributed by atoms with E-state index in [1.807, 2.05) is 6.07 Å². The summed E-state index contributed by atoms with van der Waals surface area (Å²) in [6.07, 6.45) is 1.30. The fourth-order valence-corrected chi connectivity index (χ4v) is 5.09. The molecule has 0 unspecified atom stereocenters. The van der Waals surface area contributed by atoms with E-state index >= 15 is 0 Å². The quantitative estimate of drug-likeness (QED) is 0.642. The molecule has 0 aliphatic carbocycles. The van der Waals surface area contributed by atoms with Crippen molar-refractivity contribution in [2.24, 2.45) is 0 Å². The van der Waals surface area contributed by atoms with Crippen LogP contribution in [0, 0.1) is 5.82 Å². The van der Waals surface area contributed by atoms with E-state index in [9.17, 15) is 17.6 Å². The lowest BCUT2D eigenvalue weighted by Crippen LogP contribution is -2.45. The minimum absolute atomic E-state index is 0.0284. The third-order valence-electron chi connectivity index (χ3n) is 5.28. The second kappa shape index (κ2) is 9.87. The second-order valence-electron chi connectivity index (χ2n) is 7.26. The van der Waals surface area contributed by atoms with Crippen LogP contribution in [0.25, 0.3) is 0 Å². The summed E-state index contributed by atoms with van der Waals surface area (Å²) in [5.41, 5.74) is 0.415. The van der Waals surface area contributed by atoms with E-state index in [2.05, 4.69) is 10.0 Å². The molecular weight excluding hydrogens is 431 g/mol. The molecule has 3 rings (SSSR count). The van der Waals surface area contributed by atoms with E-state index in [1.54, 1.807) is 18.2 Å². The van der Waals surface area contributed by atoms with Gasteiger partial charge in [0.1, 0.15) is 10.7 Å². The van der Waals surface area contributed by atoms with Crippen LogP contribution in [0.15, 0.2) is 53.4 Å². The minimum atomic E-state index is -3.80. The van der Waals surface area contributed by atoms with Gasteiger partial charge in [-0.3, -0.25) is 4.79 Å². The summed E-state index contributed by atoms with van der Waals surface area (Å²) in [5, 5.41) is 2.99. The Balaban J connectivity index is 1.57. The van der Waals surface area contributed by atoms with Crippen molar-refractivity contribution in [1.29, 1.82) is 0 Å². The second-order valence-corrected chi connectivity index (χ2v) is 9.40. The molecule has 1 amide bonds. The Labute approximate surface area is 180 Å². The van der Waals surface area contributed by atoms with Gasteiger partial charge in [-0.1, -0.05) is 35.9 Å². The Kier molecular flexibility index (Phi) is 7.46. The number of nitrogens with one attached hydrogen (secondary N) is 2. The van der Waals surface area contributed by atoms with Gasteiger partial charge >= 0.3 is 0 Å². The fraction of sp³-hybridized carbons (Fsp3) is 0.381. The Morgan fingerprint density at radius 2 is 1.87 bits per heavy atom. The monoisotopic (exact) mass is 454 g/mol. The molecule has 9 heteroatoms. The van der Waals surface area contributed by atoms with E-state index in [1.165, 1.54) is 24.3 Å². The maximum absolute atomic E-state index is 13.7. The van der Waals surface area contributed by atoms with Crippen LogP contribution in [-0.2, 0) is 25.0 Å². The molecule has 0 atom stereocenters. The molecular formula is C21H24ClFN2O4S. The van der Waals surface area contributed by atoms with Gasteiger partial charge in [-0.15, -0.1) is 0 Å². The number of hydrogen-bond donors (Lipinski definition) is 2. The summed E-state index contributed by atoms with van der Waals surface area (Å²) in [5.74, 6) is -0.613. The van der Waals surface area contributed by atoms with E-state index in [-0.39, 0.29) is 34.6 Å². The van der Waals surface area contributed by atoms with Gasteiger partial charge in [0.15, 0.2) is 0 Å². The van der Waals surface area contributed by atoms with Gasteiger partial charge in [-0.05, 0) is 42.7 Å². The highest BCUT2D eigenvalue weighted by Gasteiger charge is 2.35. The molecule has 0 aromatic heterocycles. The number of ether oxygens (including phenoxy) is 1. The molecule has 0 saturated carbocycles. The first-order valence-electron chi connectivity index (χ1n) is 9.67. The molecule has 2 aromatic rings. The van der Waals surface area contributed by atoms with E-state index < -0.39 is 15.4 Å². The lowest BCUT2D eigenvalue weighted by molar-refractivity contribution is -0.121. The van der Waals surface area contributed by atoms with Gasteiger partial charge in [0.2, 0.25) is 15.9 Å². The lowest BCUT2D eigenvalue weighted by atomic mass is 9.74. The van der Waals surface area contributed by atoms with Crippen molar-refractivity contribution >= 4 is 27.5 Å². The normalized spacial score (nSPS) is 16.2. The molecule has 1 aliphatic heterocycles. The van der Waals surface area contributed by atoms with Crippen LogP contribution in [-0.4, -0.2) is 40.6 Å². The van der Waals surface area contributed by atoms with Crippen LogP contribution in [0.4, 0.5) is 4.39 Å². The number of rotatable bonds is 8. The molecule has 1 fully saturated rings. The van der Waals surface area contributed by atoms with E-state index in [0.29, 0.717) is 32.6 Å². The fourth-order valence-electron chi connectivity index (χ4n) is 3.54. The molecule has 6 nitrogen and oxygen atoms in total. The predicted molar refractivity (Wildman–Crippen MR) is 112 cm³/mol. The van der Waals surface area contributed by atoms with Crippen LogP contribution in [0.3, 0.4) is 0 Å². The van der Waals surface area contributed by atoms with E-state index in [0.717, 1.165) is 5.56 Å². The first-order valence-corrected chi connectivity index (χ1v) is 11.5. The number of hydrogen-bond acceptors (Lipinski definition) is 4. The maximum atomic E-state index is 13.7. The third-order valence-corrected chi connectivity index (χ3v) is 7.24. The van der Waals surface area contributed by atoms with Crippen LogP contribution in [0.5, 0.6) is 0 Å². The number of halogens is 2. The van der Waals surface area contributed by atoms with Crippen molar-refractivity contribution in [2.75, 3.05) is 26.3 Å². The Morgan fingerprint density at radius 3 is 2.57 bits per heavy atom. The van der Waals surface area contributed by atoms with Crippen molar-refractivity contribution in [3.63, 3.8) is 0 Å². The SMILES string of the molecule is O=C(CCNS(=O)(=O)c1ccccc1Cl)NCC1(c2cccc(F)c2)CCOCC1. The van der Waals surface area contributed by atoms with Crippen molar-refractivity contribution in [2.45, 2.75) is 29.6 Å². The topological polar surface area (TPSA) is 84.5 Å². The lowest BCUT2D eigenvalue weighted by Gasteiger charge is -2.38. The molecule has 2 aromatic carbocycles. The van der Waals surface area contributed by atoms with Crippen molar-refractivity contribution in [1.82, 2.24) is 10.0 Å². The number of carbonyl (C=O) groups is 1. The average Bonchev–Trinajstić information content (AvgIpc) is 2.73. The molecule has 0 bridgehead atoms. The molecule has 1 saturated heterocycles. The molecule has 1 aliphatic rings. The molecule has 0 spiro atoms. The summed E-state index contributed by atoms with van der Waals surface area (Å²) < 4.78 is 46.2. The van der Waals surface area contributed by atoms with Gasteiger partial charge in [0.25, 0.3) is 0 Å². The van der Waals surface area contributed by atoms with Crippen molar-refractivity contribution in [3.05, 3.63) is 64.9 Å². The molecule has 1 heterocycles. The Hall–Kier alpha value is -2.00. The minimum Gasteiger partial charge on any atom is -0.381 e. The van der Waals surface area contributed by atoms with Crippen LogP contribution in [0.1, 0.15) is 24.8 Å². The first-order chi connectivity index (χ1) is 14.3. The van der Waals surface area contributed by atoms with E-state index in [4.69, 9.17) is 16.3 Å². The van der Waals surface area contributed by atoms with Gasteiger partial charge in [0.05, 0.1) is 5.02 Å². The molecule has 0 radical (unpaired) electrons. The predicted octanol–water partition coefficient (Wildman–Crippen LogP) is 3.01. The van der Waals surface area contributed by atoms with Crippen LogP contribution < -0.4 is 10.0 Å². The zero-order valence-electron chi connectivity index (χ0n) is 16.4. The highest BCUT2D eigenvalue weighted by molar-refractivity contribution is 7.89. The van der Waals surface area contributed by atoms with Crippen molar-refractivity contribution in [3.8, 4) is 0 Å². The largest absolute Gasteiger partial charge is 0.381 e. The highest BCUT2D eigenvalue weighted by atomic mass is 35.5. The summed E-state index contributed by atoms with van der Waals surface area (Å²) in [6.45, 7) is 1.33. The number of sulfonamides is 1. The first kappa shape index (κ1) is 22.7. The summed E-state index contributed by atoms with van der Waals surface area (Å²) >= 11 is 5.94. The number of carbonyl (C=O) groups excluding carboxylic acids is 1. The maximum Gasteiger partial charge on any atom is 0.242 e. The number of amides is 1. The number of benzene rings is 2.